The van der Waals surface area contributed by atoms with Crippen molar-refractivity contribution in [2.24, 2.45) is 0 Å². The molecule has 1 unspecified atom stereocenters. The number of hydrogen-bond acceptors (Lipinski definition) is 4. The average Bonchev–Trinajstić information content (AvgIpc) is 2.13. The van der Waals surface area contributed by atoms with Gasteiger partial charge in [0.05, 0.1) is 5.97 Å². The fourth-order valence-electron chi connectivity index (χ4n) is 0.813. The monoisotopic (exact) mass is 151 g/mol. The zero-order chi connectivity index (χ0) is 6.85. The minimum Gasteiger partial charge on any atom is -0.548 e. The Morgan fingerprint density at radius 2 is 2.30 bits per heavy atom. The molecule has 50 valence electrons. The van der Waals surface area contributed by atoms with Crippen LogP contribution in [-0.4, -0.2) is 24.3 Å². The van der Waals surface area contributed by atoms with Gasteiger partial charge in [0.2, 0.25) is 0 Å². The molecule has 0 radical (unpaired) electrons. The van der Waals surface area contributed by atoms with Gasteiger partial charge in [0.25, 0.3) is 0 Å². The van der Waals surface area contributed by atoms with E-state index >= 15 is 0 Å². The number of carbonyl (C=O) groups excluding carboxylic acids is 2. The van der Waals surface area contributed by atoms with Crippen LogP contribution >= 0.6 is 0 Å². The first-order valence-electron chi connectivity index (χ1n) is 2.69. The van der Waals surface area contributed by atoms with E-state index in [1.807, 2.05) is 0 Å². The van der Waals surface area contributed by atoms with Crippen molar-refractivity contribution in [2.45, 2.75) is 12.5 Å². The van der Waals surface area contributed by atoms with Crippen molar-refractivity contribution in [3.05, 3.63) is 0 Å². The third-order valence-electron chi connectivity index (χ3n) is 1.28. The smallest absolute Gasteiger partial charge is 0.548 e. The summed E-state index contributed by atoms with van der Waals surface area (Å²) in [6.07, 6.45) is 0.304. The predicted octanol–water partition coefficient (Wildman–Crippen LogP) is -5.33. The zero-order valence-electron chi connectivity index (χ0n) is 5.72. The number of hydrogen-bond donors (Lipinski definition) is 1. The molecule has 0 bridgehead atoms. The summed E-state index contributed by atoms with van der Waals surface area (Å²) >= 11 is 0. The van der Waals surface area contributed by atoms with Crippen LogP contribution in [0.15, 0.2) is 0 Å². The maximum Gasteiger partial charge on any atom is 1.00 e. The van der Waals surface area contributed by atoms with Gasteiger partial charge < -0.3 is 15.2 Å². The summed E-state index contributed by atoms with van der Waals surface area (Å²) in [7, 11) is 0. The van der Waals surface area contributed by atoms with Crippen LogP contribution in [0, 0.1) is 0 Å². The van der Waals surface area contributed by atoms with Crippen LogP contribution in [0.5, 0.6) is 0 Å². The molecule has 0 spiro atoms. The molecule has 4 nitrogen and oxygen atoms in total. The van der Waals surface area contributed by atoms with Gasteiger partial charge >= 0.3 is 29.6 Å². The maximum atomic E-state index is 10.5. The molecule has 1 saturated heterocycles. The SMILES string of the molecule is O=C([O-])C1NCCC1=O.[Na+]. The minimum atomic E-state index is -1.32. The van der Waals surface area contributed by atoms with E-state index in [9.17, 15) is 14.7 Å². The van der Waals surface area contributed by atoms with Crippen molar-refractivity contribution in [1.82, 2.24) is 5.32 Å². The number of aliphatic carboxylic acids is 1. The van der Waals surface area contributed by atoms with Crippen LogP contribution < -0.4 is 40.0 Å². The average molecular weight is 151 g/mol. The second-order valence-electron chi connectivity index (χ2n) is 1.92. The van der Waals surface area contributed by atoms with Gasteiger partial charge in [-0.3, -0.25) is 4.79 Å². The molecule has 1 atom stereocenters. The van der Waals surface area contributed by atoms with E-state index < -0.39 is 12.0 Å². The number of nitrogens with one attached hydrogen (secondary N) is 1. The molecule has 1 rings (SSSR count). The van der Waals surface area contributed by atoms with Crippen molar-refractivity contribution in [2.75, 3.05) is 6.54 Å². The Morgan fingerprint density at radius 1 is 1.70 bits per heavy atom. The second-order valence-corrected chi connectivity index (χ2v) is 1.92. The number of carboxylic acid groups (broad SMARTS) is 1. The van der Waals surface area contributed by atoms with Gasteiger partial charge in [-0.05, 0) is 0 Å². The van der Waals surface area contributed by atoms with Crippen LogP contribution in [0.1, 0.15) is 6.42 Å². The molecular weight excluding hydrogens is 145 g/mol. The van der Waals surface area contributed by atoms with Gasteiger partial charge in [0.15, 0.2) is 5.78 Å². The van der Waals surface area contributed by atoms with Crippen LogP contribution in [-0.2, 0) is 9.59 Å². The van der Waals surface area contributed by atoms with Crippen molar-refractivity contribution < 1.29 is 44.3 Å². The van der Waals surface area contributed by atoms with E-state index in [1.165, 1.54) is 0 Å². The van der Waals surface area contributed by atoms with E-state index in [2.05, 4.69) is 5.32 Å². The molecule has 1 aliphatic heterocycles. The van der Waals surface area contributed by atoms with Gasteiger partial charge in [-0.2, -0.15) is 0 Å². The molecule has 1 fully saturated rings. The minimum absolute atomic E-state index is 0. The molecule has 1 heterocycles. The second kappa shape index (κ2) is 4.08. The summed E-state index contributed by atoms with van der Waals surface area (Å²) in [6, 6.07) is -1.05. The quantitative estimate of drug-likeness (QED) is 0.300. The Hall–Kier alpha value is 0.1000. The van der Waals surface area contributed by atoms with Gasteiger partial charge in [-0.1, -0.05) is 0 Å². The molecule has 1 N–H and O–H groups in total. The Labute approximate surface area is 80.3 Å². The molecule has 0 aromatic rings. The predicted molar refractivity (Wildman–Crippen MR) is 26.4 cm³/mol. The van der Waals surface area contributed by atoms with E-state index in [-0.39, 0.29) is 35.3 Å². The van der Waals surface area contributed by atoms with Gasteiger partial charge in [-0.15, -0.1) is 0 Å². The van der Waals surface area contributed by atoms with Crippen LogP contribution in [0.3, 0.4) is 0 Å². The molecule has 5 heteroatoms. The van der Waals surface area contributed by atoms with Crippen molar-refractivity contribution in [1.29, 1.82) is 0 Å². The molecule has 0 saturated carbocycles. The summed E-state index contributed by atoms with van der Waals surface area (Å²) < 4.78 is 0. The fraction of sp³-hybridized carbons (Fsp3) is 0.600. The van der Waals surface area contributed by atoms with Crippen LogP contribution in [0.2, 0.25) is 0 Å². The molecule has 0 amide bonds. The molecule has 1 aliphatic rings. The van der Waals surface area contributed by atoms with Crippen LogP contribution in [0.4, 0.5) is 0 Å². The summed E-state index contributed by atoms with van der Waals surface area (Å²) in [5, 5.41) is 12.5. The molecule has 0 aromatic heterocycles. The fourth-order valence-corrected chi connectivity index (χ4v) is 0.813. The number of rotatable bonds is 1. The first kappa shape index (κ1) is 10.1. The standard InChI is InChI=1S/C5H7NO3.Na/c7-3-1-2-6-4(3)5(8)9;/h4,6H,1-2H2,(H,8,9);/q;+1/p-1. The number of ketones is 1. The molecule has 0 aliphatic carbocycles. The Kier molecular flexibility index (Phi) is 4.12. The Bertz CT molecular complexity index is 159. The Balaban J connectivity index is 0.000000810. The molecule has 0 aromatic carbocycles. The van der Waals surface area contributed by atoms with E-state index in [0.29, 0.717) is 13.0 Å². The third-order valence-corrected chi connectivity index (χ3v) is 1.28. The van der Waals surface area contributed by atoms with Crippen molar-refractivity contribution >= 4 is 11.8 Å². The first-order valence-corrected chi connectivity index (χ1v) is 2.69. The Morgan fingerprint density at radius 3 is 2.50 bits per heavy atom. The number of carboxylic acids is 1. The van der Waals surface area contributed by atoms with E-state index in [0.717, 1.165) is 0 Å². The van der Waals surface area contributed by atoms with E-state index in [1.54, 1.807) is 0 Å². The van der Waals surface area contributed by atoms with Crippen LogP contribution in [0.25, 0.3) is 0 Å². The summed E-state index contributed by atoms with van der Waals surface area (Å²) in [4.78, 5) is 20.5. The molecule has 10 heavy (non-hydrogen) atoms. The number of carbonyl (C=O) groups is 2. The number of Topliss-reactive ketones (excluding diaryl/α,β-unsaturated/α-hetero) is 1. The molecular formula is C5H6NNaO3. The summed E-state index contributed by atoms with van der Waals surface area (Å²) in [5.41, 5.74) is 0. The maximum absolute atomic E-state index is 10.5. The normalized spacial score (nSPS) is 24.0. The van der Waals surface area contributed by atoms with Gasteiger partial charge in [-0.25, -0.2) is 0 Å². The van der Waals surface area contributed by atoms with Gasteiger partial charge in [0, 0.05) is 13.0 Å². The topological polar surface area (TPSA) is 69.2 Å². The first-order chi connectivity index (χ1) is 4.22. The summed E-state index contributed by atoms with van der Waals surface area (Å²) in [6.45, 7) is 0.456. The van der Waals surface area contributed by atoms with Crippen molar-refractivity contribution in [3.63, 3.8) is 0 Å². The van der Waals surface area contributed by atoms with E-state index in [4.69, 9.17) is 0 Å². The van der Waals surface area contributed by atoms with Crippen molar-refractivity contribution in [3.8, 4) is 0 Å². The summed E-state index contributed by atoms with van der Waals surface area (Å²) in [5.74, 6) is -1.60. The van der Waals surface area contributed by atoms with Gasteiger partial charge in [0.1, 0.15) is 6.04 Å². The third kappa shape index (κ3) is 2.05. The zero-order valence-corrected chi connectivity index (χ0v) is 7.72. The largest absolute Gasteiger partial charge is 1.00 e.